The van der Waals surface area contributed by atoms with Crippen molar-refractivity contribution in [1.82, 2.24) is 0 Å². The van der Waals surface area contributed by atoms with Crippen LogP contribution < -0.4 is 0 Å². The van der Waals surface area contributed by atoms with E-state index >= 15 is 0 Å². The van der Waals surface area contributed by atoms with Crippen LogP contribution in [0.1, 0.15) is 25.8 Å². The molecule has 0 radical (unpaired) electrons. The zero-order chi connectivity index (χ0) is 18.3. The van der Waals surface area contributed by atoms with Gasteiger partial charge in [0, 0.05) is 6.92 Å². The van der Waals surface area contributed by atoms with Gasteiger partial charge in [0.25, 0.3) is 0 Å². The summed E-state index contributed by atoms with van der Waals surface area (Å²) in [7, 11) is 0. The van der Waals surface area contributed by atoms with Crippen LogP contribution in [0.4, 0.5) is 0 Å². The number of nitriles is 3. The molecule has 0 saturated carbocycles. The first kappa shape index (κ1) is 17.0. The van der Waals surface area contributed by atoms with Crippen LogP contribution in [0.3, 0.4) is 0 Å². The molecule has 4 unspecified atom stereocenters. The van der Waals surface area contributed by atoms with Gasteiger partial charge in [0.2, 0.25) is 11.7 Å². The Bertz CT molecular complexity index is 818. The number of hydrogen-bond acceptors (Lipinski definition) is 6. The van der Waals surface area contributed by atoms with Crippen molar-refractivity contribution in [3.63, 3.8) is 0 Å². The lowest BCUT2D eigenvalue weighted by atomic mass is 9.54. The summed E-state index contributed by atoms with van der Waals surface area (Å²) in [5.41, 5.74) is -2.37. The van der Waals surface area contributed by atoms with E-state index < -0.39 is 28.6 Å². The average molecular weight is 334 g/mol. The van der Waals surface area contributed by atoms with Crippen LogP contribution in [0.2, 0.25) is 0 Å². The van der Waals surface area contributed by atoms with Gasteiger partial charge in [0.1, 0.15) is 0 Å². The summed E-state index contributed by atoms with van der Waals surface area (Å²) in [5.74, 6) is -2.15. The molecule has 0 amide bonds. The molecule has 1 aromatic rings. The Labute approximate surface area is 146 Å². The smallest absolute Gasteiger partial charge is 0.214 e. The van der Waals surface area contributed by atoms with Gasteiger partial charge in [-0.3, -0.25) is 5.41 Å². The largest absolute Gasteiger partial charge is 0.448 e. The van der Waals surface area contributed by atoms with Crippen molar-refractivity contribution in [3.8, 4) is 18.2 Å². The third-order valence-electron chi connectivity index (χ3n) is 5.65. The van der Waals surface area contributed by atoms with Gasteiger partial charge < -0.3 is 9.47 Å². The van der Waals surface area contributed by atoms with Gasteiger partial charge in [0.05, 0.1) is 30.2 Å². The molecule has 2 bridgehead atoms. The average Bonchev–Trinajstić information content (AvgIpc) is 2.77. The van der Waals surface area contributed by atoms with Crippen LogP contribution in [0.25, 0.3) is 0 Å². The predicted octanol–water partition coefficient (Wildman–Crippen LogP) is 2.92. The quantitative estimate of drug-likeness (QED) is 0.913. The molecule has 2 saturated heterocycles. The number of fused-ring (bicyclic) bond motifs is 2. The molecule has 2 heterocycles. The number of nitrogens with zero attached hydrogens (tertiary/aromatic N) is 3. The number of ether oxygens (including phenoxy) is 2. The molecule has 1 aromatic carbocycles. The van der Waals surface area contributed by atoms with Crippen LogP contribution in [0, 0.1) is 56.2 Å². The number of nitrogens with one attached hydrogen (secondary N) is 1. The Hall–Kier alpha value is -2.88. The second kappa shape index (κ2) is 5.59. The highest BCUT2D eigenvalue weighted by atomic mass is 16.7. The van der Waals surface area contributed by atoms with E-state index in [1.807, 2.05) is 42.5 Å². The third kappa shape index (κ3) is 2.00. The first-order valence-electron chi connectivity index (χ1n) is 8.13. The summed E-state index contributed by atoms with van der Waals surface area (Å²) < 4.78 is 11.6. The Kier molecular flexibility index (Phi) is 3.79. The molecule has 0 aliphatic carbocycles. The lowest BCUT2D eigenvalue weighted by molar-refractivity contribution is -0.266. The fraction of sp³-hybridized carbons (Fsp3) is 0.474. The zero-order valence-corrected chi connectivity index (χ0v) is 14.1. The van der Waals surface area contributed by atoms with E-state index in [1.165, 1.54) is 0 Å². The van der Waals surface area contributed by atoms with Crippen molar-refractivity contribution in [1.29, 1.82) is 21.2 Å². The maximum atomic E-state index is 9.90. The summed E-state index contributed by atoms with van der Waals surface area (Å²) in [4.78, 5) is 0. The van der Waals surface area contributed by atoms with Gasteiger partial charge in [-0.2, -0.15) is 15.8 Å². The molecule has 6 nitrogen and oxygen atoms in total. The maximum absolute atomic E-state index is 9.90. The second-order valence-electron chi connectivity index (χ2n) is 6.75. The normalized spacial score (nSPS) is 35.1. The Balaban J connectivity index is 2.05. The van der Waals surface area contributed by atoms with Gasteiger partial charge in [-0.1, -0.05) is 37.3 Å². The first-order valence-corrected chi connectivity index (χ1v) is 8.13. The van der Waals surface area contributed by atoms with Crippen LogP contribution in [-0.2, 0) is 15.9 Å². The van der Waals surface area contributed by atoms with Gasteiger partial charge in [-0.25, -0.2) is 0 Å². The molecule has 2 aliphatic rings. The molecule has 2 aliphatic heterocycles. The van der Waals surface area contributed by atoms with Crippen LogP contribution in [0.15, 0.2) is 30.3 Å². The van der Waals surface area contributed by atoms with Gasteiger partial charge >= 0.3 is 0 Å². The maximum Gasteiger partial charge on any atom is 0.214 e. The lowest BCUT2D eigenvalue weighted by Crippen LogP contribution is -2.61. The van der Waals surface area contributed by atoms with Gasteiger partial charge in [-0.15, -0.1) is 0 Å². The molecule has 6 heteroatoms. The molecule has 0 spiro atoms. The molecule has 4 atom stereocenters. The molecule has 3 rings (SSSR count). The minimum absolute atomic E-state index is 0.352. The fourth-order valence-electron chi connectivity index (χ4n) is 4.03. The fourth-order valence-corrected chi connectivity index (χ4v) is 4.03. The second-order valence-corrected chi connectivity index (χ2v) is 6.75. The highest BCUT2D eigenvalue weighted by molar-refractivity contribution is 5.89. The predicted molar refractivity (Wildman–Crippen MR) is 87.7 cm³/mol. The summed E-state index contributed by atoms with van der Waals surface area (Å²) in [6, 6.07) is 15.8. The van der Waals surface area contributed by atoms with E-state index in [0.29, 0.717) is 12.8 Å². The number of aryl methyl sites for hydroxylation is 1. The topological polar surface area (TPSA) is 114 Å². The first-order chi connectivity index (χ1) is 11.9. The highest BCUT2D eigenvalue weighted by Gasteiger charge is 2.77. The third-order valence-corrected chi connectivity index (χ3v) is 5.65. The van der Waals surface area contributed by atoms with E-state index in [1.54, 1.807) is 13.8 Å². The van der Waals surface area contributed by atoms with Crippen molar-refractivity contribution in [2.75, 3.05) is 0 Å². The van der Waals surface area contributed by atoms with Crippen LogP contribution in [-0.4, -0.2) is 17.8 Å². The molecule has 2 fully saturated rings. The van der Waals surface area contributed by atoms with Gasteiger partial charge in [-0.05, 0) is 18.4 Å². The SMILES string of the molecule is CC1C2(C)OC(=N)C1(C#N)C(C#N)(C#N)C(CCc1ccccc1)O2. The van der Waals surface area contributed by atoms with Crippen LogP contribution in [0.5, 0.6) is 0 Å². The summed E-state index contributed by atoms with van der Waals surface area (Å²) in [6.07, 6.45) is 0.148. The molecule has 126 valence electrons. The van der Waals surface area contributed by atoms with Crippen molar-refractivity contribution in [2.24, 2.45) is 16.7 Å². The van der Waals surface area contributed by atoms with E-state index in [2.05, 4.69) is 6.07 Å². The van der Waals surface area contributed by atoms with Crippen molar-refractivity contribution in [3.05, 3.63) is 35.9 Å². The number of hydrogen-bond donors (Lipinski definition) is 1. The monoisotopic (exact) mass is 334 g/mol. The summed E-state index contributed by atoms with van der Waals surface area (Å²) in [5, 5.41) is 37.9. The minimum atomic E-state index is -1.79. The van der Waals surface area contributed by atoms with Crippen molar-refractivity contribution >= 4 is 5.90 Å². The van der Waals surface area contributed by atoms with Crippen molar-refractivity contribution < 1.29 is 9.47 Å². The van der Waals surface area contributed by atoms with E-state index in [-0.39, 0.29) is 5.90 Å². The molecular formula is C19H18N4O2. The Morgan fingerprint density at radius 3 is 2.32 bits per heavy atom. The number of benzene rings is 1. The summed E-state index contributed by atoms with van der Waals surface area (Å²) >= 11 is 0. The van der Waals surface area contributed by atoms with Gasteiger partial charge in [0.15, 0.2) is 10.8 Å². The van der Waals surface area contributed by atoms with Crippen LogP contribution >= 0.6 is 0 Å². The Morgan fingerprint density at radius 2 is 1.76 bits per heavy atom. The molecule has 25 heavy (non-hydrogen) atoms. The zero-order valence-electron chi connectivity index (χ0n) is 14.1. The van der Waals surface area contributed by atoms with E-state index in [9.17, 15) is 15.8 Å². The highest BCUT2D eigenvalue weighted by Crippen LogP contribution is 2.62. The molecule has 1 N–H and O–H groups in total. The summed E-state index contributed by atoms with van der Waals surface area (Å²) in [6.45, 7) is 3.36. The van der Waals surface area contributed by atoms with Crippen molar-refractivity contribution in [2.45, 2.75) is 38.6 Å². The van der Waals surface area contributed by atoms with E-state index in [0.717, 1.165) is 5.56 Å². The Morgan fingerprint density at radius 1 is 1.12 bits per heavy atom. The van der Waals surface area contributed by atoms with E-state index in [4.69, 9.17) is 14.9 Å². The minimum Gasteiger partial charge on any atom is -0.448 e. The lowest BCUT2D eigenvalue weighted by Gasteiger charge is -2.47. The molecular weight excluding hydrogens is 316 g/mol. The molecule has 0 aromatic heterocycles. The number of rotatable bonds is 3. The standard InChI is InChI=1S/C19H18N4O2/c1-13-17(2)24-15(9-8-14-6-4-3-5-7-14)18(10-20,11-21)19(13,12-22)16(23)25-17/h3-7,13,15,23H,8-9H2,1-2H3.